The number of anilines is 2. The Balaban J connectivity index is 0.693. The molecule has 0 bridgehead atoms. The van der Waals surface area contributed by atoms with Gasteiger partial charge in [-0.25, -0.2) is 24.5 Å². The van der Waals surface area contributed by atoms with E-state index in [0.29, 0.717) is 48.4 Å². The number of rotatable bonds is 32. The molecule has 544 valence electrons. The number of hydrogen-bond acceptors (Lipinski definition) is 20. The lowest BCUT2D eigenvalue weighted by Gasteiger charge is -2.37. The number of nitrogens with one attached hydrogen (secondary N) is 2. The highest BCUT2D eigenvalue weighted by molar-refractivity contribution is 7.41. The topological polar surface area (TPSA) is 301 Å². The molecule has 3 unspecified atom stereocenters. The highest BCUT2D eigenvalue weighted by atomic mass is 31.2. The summed E-state index contributed by atoms with van der Waals surface area (Å²) < 4.78 is 60.2. The predicted octanol–water partition coefficient (Wildman–Crippen LogP) is 12.2. The highest BCUT2D eigenvalue weighted by Gasteiger charge is 2.46. The van der Waals surface area contributed by atoms with Crippen molar-refractivity contribution in [1.29, 1.82) is 5.26 Å². The molecule has 7 atom stereocenters. The van der Waals surface area contributed by atoms with Gasteiger partial charge in [-0.1, -0.05) is 146 Å². The number of amides is 3. The Hall–Kier alpha value is -10.9. The lowest BCUT2D eigenvalue weighted by molar-refractivity contribution is -0.118. The van der Waals surface area contributed by atoms with Crippen molar-refractivity contribution in [3.63, 3.8) is 0 Å². The summed E-state index contributed by atoms with van der Waals surface area (Å²) in [5, 5.41) is 26.8. The molecule has 5 heterocycles. The summed E-state index contributed by atoms with van der Waals surface area (Å²) in [5.41, 5.74) is 7.48. The number of hydrogen-bond donors (Lipinski definition) is 3. The highest BCUT2D eigenvalue weighted by Crippen LogP contribution is 2.49. The van der Waals surface area contributed by atoms with Crippen molar-refractivity contribution < 1.29 is 66.3 Å². The normalized spacial score (nSPS) is 17.8. The SMILES string of the molecule is COc1ccc(C(OC[C@H]2O[C@@H](n3cnc4c(NC(=O)CCCN(C)C(=O)OCC5c6ccccc6-c6ccccc65)ncnc43)CC2OP(OCCC#N)OC[C@H]2O[C@@H](n3ccc(NC(=O)c4ccc(CCC(=O)Cc5ccccc5)cc4)nc3=O)CC2O)(c2ccccc2)c2ccc(OC)cc2)cc1. The van der Waals surface area contributed by atoms with Crippen LogP contribution in [0.1, 0.15) is 106 Å². The number of aliphatic hydroxyl groups excluding tert-OH is 1. The number of imidazole rings is 1. The van der Waals surface area contributed by atoms with Crippen LogP contribution in [0.5, 0.6) is 11.5 Å². The van der Waals surface area contributed by atoms with Crippen molar-refractivity contribution in [3.05, 3.63) is 262 Å². The molecule has 2 fully saturated rings. The number of benzene rings is 7. The Morgan fingerprint density at radius 2 is 1.33 bits per heavy atom. The number of aryl methyl sites for hydroxylation is 1. The first-order chi connectivity index (χ1) is 51.7. The van der Waals surface area contributed by atoms with Gasteiger partial charge in [0.05, 0.1) is 65.1 Å². The third kappa shape index (κ3) is 17.1. The fourth-order valence-electron chi connectivity index (χ4n) is 13.5. The van der Waals surface area contributed by atoms with Gasteiger partial charge >= 0.3 is 20.4 Å². The smallest absolute Gasteiger partial charge is 0.409 e. The van der Waals surface area contributed by atoms with Gasteiger partial charge in [0.25, 0.3) is 5.91 Å². The number of methoxy groups -OCH3 is 2. The van der Waals surface area contributed by atoms with Gasteiger partial charge in [-0.15, -0.1) is 0 Å². The van der Waals surface area contributed by atoms with Gasteiger partial charge in [-0.05, 0) is 105 Å². The zero-order valence-corrected chi connectivity index (χ0v) is 59.4. The number of aromatic nitrogens is 6. The lowest BCUT2D eigenvalue weighted by Crippen LogP contribution is -2.38. The molecule has 3 aromatic heterocycles. The molecule has 0 radical (unpaired) electrons. The molecular weight excluding hydrogens is 1370 g/mol. The second-order valence-corrected chi connectivity index (χ2v) is 27.0. The van der Waals surface area contributed by atoms with E-state index in [0.717, 1.165) is 50.1 Å². The fourth-order valence-corrected chi connectivity index (χ4v) is 14.6. The van der Waals surface area contributed by atoms with E-state index in [1.807, 2.05) is 133 Å². The minimum atomic E-state index is -2.38. The summed E-state index contributed by atoms with van der Waals surface area (Å²) >= 11 is 0. The van der Waals surface area contributed by atoms with E-state index >= 15 is 0 Å². The van der Waals surface area contributed by atoms with Crippen molar-refractivity contribution in [2.24, 2.45) is 0 Å². The molecule has 3 amide bonds. The summed E-state index contributed by atoms with van der Waals surface area (Å²) in [6.45, 7) is -0.0941. The molecule has 10 aromatic rings. The summed E-state index contributed by atoms with van der Waals surface area (Å²) in [6, 6.07) is 61.2. The maximum absolute atomic E-state index is 13.7. The van der Waals surface area contributed by atoms with Crippen LogP contribution < -0.4 is 25.8 Å². The Morgan fingerprint density at radius 1 is 0.689 bits per heavy atom. The number of nitrogens with zero attached hydrogens (tertiary/aromatic N) is 8. The number of aliphatic hydroxyl groups is 1. The van der Waals surface area contributed by atoms with E-state index < -0.39 is 68.8 Å². The van der Waals surface area contributed by atoms with Crippen molar-refractivity contribution in [2.45, 2.75) is 99.8 Å². The monoisotopic (exact) mass is 1450 g/mol. The summed E-state index contributed by atoms with van der Waals surface area (Å²) in [5.74, 6) is 0.562. The molecule has 0 saturated carbocycles. The number of fused-ring (bicyclic) bond motifs is 4. The first-order valence-electron chi connectivity index (χ1n) is 34.9. The van der Waals surface area contributed by atoms with Crippen LogP contribution in [-0.4, -0.2) is 141 Å². The zero-order valence-electron chi connectivity index (χ0n) is 58.6. The van der Waals surface area contributed by atoms with Gasteiger partial charge in [-0.2, -0.15) is 10.2 Å². The molecule has 13 rings (SSSR count). The first kappa shape index (κ1) is 73.4. The number of ether oxygens (including phenoxy) is 6. The molecule has 2 aliphatic heterocycles. The number of carbonyl (C=O) groups is 4. The number of carbonyl (C=O) groups excluding carboxylic acids is 4. The van der Waals surface area contributed by atoms with Crippen LogP contribution in [0.25, 0.3) is 22.3 Å². The van der Waals surface area contributed by atoms with Gasteiger partial charge in [0.2, 0.25) is 5.91 Å². The van der Waals surface area contributed by atoms with Crippen LogP contribution in [0.4, 0.5) is 16.4 Å². The van der Waals surface area contributed by atoms with E-state index in [-0.39, 0.29) is 93.4 Å². The van der Waals surface area contributed by atoms with Gasteiger partial charge in [0.15, 0.2) is 17.0 Å². The van der Waals surface area contributed by atoms with E-state index in [2.05, 4.69) is 55.9 Å². The van der Waals surface area contributed by atoms with Crippen molar-refractivity contribution in [1.82, 2.24) is 34.0 Å². The Kier molecular flexibility index (Phi) is 23.8. The molecule has 0 spiro atoms. The van der Waals surface area contributed by atoms with E-state index in [1.165, 1.54) is 34.4 Å². The second kappa shape index (κ2) is 34.3. The zero-order chi connectivity index (χ0) is 73.5. The van der Waals surface area contributed by atoms with Crippen LogP contribution in [-0.2, 0) is 60.6 Å². The second-order valence-electron chi connectivity index (χ2n) is 25.8. The predicted molar refractivity (Wildman–Crippen MR) is 393 cm³/mol. The maximum atomic E-state index is 13.7. The van der Waals surface area contributed by atoms with Crippen molar-refractivity contribution >= 4 is 55.1 Å². The first-order valence-corrected chi connectivity index (χ1v) is 36.0. The van der Waals surface area contributed by atoms with Crippen LogP contribution in [0.3, 0.4) is 0 Å². The fraction of sp³-hybridized carbons (Fsp3) is 0.300. The molecule has 3 aliphatic rings. The molecule has 26 heteroatoms. The molecule has 2 saturated heterocycles. The summed E-state index contributed by atoms with van der Waals surface area (Å²) in [4.78, 5) is 86.0. The molecular formula is C80H79N10O15P. The number of Topliss-reactive ketones (excluding diaryl/α,β-unsaturated/α-hetero) is 1. The molecule has 3 N–H and O–H groups in total. The van der Waals surface area contributed by atoms with E-state index in [4.69, 9.17) is 47.0 Å². The minimum Gasteiger partial charge on any atom is -0.497 e. The molecule has 7 aromatic carbocycles. The Bertz CT molecular complexity index is 4700. The third-order valence-corrected chi connectivity index (χ3v) is 20.2. The van der Waals surface area contributed by atoms with Gasteiger partial charge in [-0.3, -0.25) is 23.5 Å². The average molecular weight is 1450 g/mol. The van der Waals surface area contributed by atoms with E-state index in [1.54, 1.807) is 50.1 Å². The number of nitriles is 1. The van der Waals surface area contributed by atoms with Gasteiger partial charge in [0.1, 0.15) is 66.3 Å². The Morgan fingerprint density at radius 3 is 2.00 bits per heavy atom. The van der Waals surface area contributed by atoms with Crippen molar-refractivity contribution in [2.75, 3.05) is 64.9 Å². The van der Waals surface area contributed by atoms with Crippen molar-refractivity contribution in [3.8, 4) is 28.7 Å². The average Bonchev–Trinajstić information content (AvgIpc) is 0.842. The Labute approximate surface area is 612 Å². The molecule has 1 aliphatic carbocycles. The summed E-state index contributed by atoms with van der Waals surface area (Å²) in [6.07, 6.45) is -0.362. The van der Waals surface area contributed by atoms with Crippen LogP contribution in [0, 0.1) is 11.3 Å². The maximum Gasteiger partial charge on any atom is 0.409 e. The molecule has 106 heavy (non-hydrogen) atoms. The van der Waals surface area contributed by atoms with Gasteiger partial charge in [0, 0.05) is 63.4 Å². The number of ketones is 1. The quantitative estimate of drug-likeness (QED) is 0.0200. The largest absolute Gasteiger partial charge is 0.497 e. The van der Waals surface area contributed by atoms with Gasteiger partial charge < -0.3 is 62.6 Å². The summed E-state index contributed by atoms with van der Waals surface area (Å²) in [7, 11) is 2.45. The standard InChI is InChI=1S/C80H79N10O15P/c1-88(79(96)99-47-65-63-22-12-10-20-61(63)62-21-11-13-23-64(62)65)41-14-24-71(93)87-75-74-76(83-50-82-75)90(51-84-74)73-46-67(69(104-73)48-100-80(55-18-8-5-9-19-55,56-30-35-59(97-2)36-31-56)57-32-37-60(98-3)38-33-57)105-106(101-43-15-40-81)102-49-68-66(92)45-72(103-68)89-42-39-70(86-78(89)95)85-77(94)54-28-25-52(26-29-54)27-34-58(91)44-53-16-6-4-7-17-53/h4-13,16-23,25-26,28-33,35-39,42,50-51,65-69,72-73,92H,14-15,24,27,34,41,43-49H2,1-3H3,(H,82,83,87,93)(H,85,86,94,95)/t66?,67?,68-,69-,72-,73-,106?/m1/s1. The van der Waals surface area contributed by atoms with Crippen LogP contribution in [0.15, 0.2) is 212 Å². The van der Waals surface area contributed by atoms with Crippen LogP contribution >= 0.6 is 8.60 Å². The minimum absolute atomic E-state index is 0.00199. The third-order valence-electron chi connectivity index (χ3n) is 19.0. The lowest BCUT2D eigenvalue weighted by atomic mass is 9.80. The van der Waals surface area contributed by atoms with Crippen LogP contribution in [0.2, 0.25) is 0 Å². The molecule has 25 nitrogen and oxygen atoms in total. The van der Waals surface area contributed by atoms with E-state index in [9.17, 15) is 34.3 Å².